The molecule has 68 heavy (non-hydrogen) atoms. The van der Waals surface area contributed by atoms with E-state index in [1.54, 1.807) is 0 Å². The first-order chi connectivity index (χ1) is 32.5. The van der Waals surface area contributed by atoms with Crippen molar-refractivity contribution in [2.24, 2.45) is 0 Å². The molecule has 0 spiro atoms. The number of nitrogens with zero attached hydrogens (tertiary/aromatic N) is 4. The molecule has 6 heteroatoms. The average Bonchev–Trinajstić information content (AvgIpc) is 3.90. The number of aromatic nitrogens is 2. The number of anilines is 4. The van der Waals surface area contributed by atoms with Crippen LogP contribution in [0.2, 0.25) is 0 Å². The second-order valence-corrected chi connectivity index (χ2v) is 19.4. The number of hydrogen-bond donors (Lipinski definition) is 0. The van der Waals surface area contributed by atoms with Gasteiger partial charge in [-0.05, 0) is 110 Å². The molecule has 0 atom stereocenters. The normalized spacial score (nSPS) is 12.6. The Morgan fingerprint density at radius 2 is 1.07 bits per heavy atom. The number of ether oxygens (including phenoxy) is 1. The molecule has 0 saturated carbocycles. The fraction of sp³-hybridized carbons (Fsp3) is 0.129. The van der Waals surface area contributed by atoms with E-state index in [9.17, 15) is 0 Å². The van der Waals surface area contributed by atoms with Crippen LogP contribution in [0.15, 0.2) is 194 Å². The first kappa shape index (κ1) is 44.6. The molecule has 3 heterocycles. The second kappa shape index (κ2) is 17.8. The van der Waals surface area contributed by atoms with Crippen LogP contribution in [0.4, 0.5) is 22.7 Å². The topological polar surface area (TPSA) is 33.5 Å². The minimum absolute atomic E-state index is 0. The Hall–Kier alpha value is -7.20. The second-order valence-electron chi connectivity index (χ2n) is 19.4. The van der Waals surface area contributed by atoms with E-state index in [0.29, 0.717) is 11.5 Å². The van der Waals surface area contributed by atoms with Gasteiger partial charge in [0.25, 0.3) is 0 Å². The molecule has 0 bridgehead atoms. The molecule has 11 rings (SSSR count). The standard InChI is InChI=1S/C62H51N4O.Pt/c1-61(2,3)47-28-30-52(46-35-44(42-18-9-7-10-19-42)34-45(36-46)43-20-11-8-12-21-43)58(37-47)65-41-64(56-26-15-16-27-57(56)65)49-22-17-23-50(39-49)67-51-29-31-54-53-24-13-14-25-55(53)66(59(54)40-51)60-38-48(32-33-63-60)62(4,5)6;/h7-38,41H,1-6H3;/q-3;. The summed E-state index contributed by atoms with van der Waals surface area (Å²) < 4.78 is 8.87. The van der Waals surface area contributed by atoms with E-state index in [-0.39, 0.29) is 31.9 Å². The summed E-state index contributed by atoms with van der Waals surface area (Å²) in [4.78, 5) is 9.41. The van der Waals surface area contributed by atoms with E-state index < -0.39 is 0 Å². The largest absolute Gasteiger partial charge is 0.509 e. The summed E-state index contributed by atoms with van der Waals surface area (Å²) in [6, 6.07) is 74.1. The van der Waals surface area contributed by atoms with E-state index >= 15 is 0 Å². The zero-order valence-corrected chi connectivity index (χ0v) is 41.3. The zero-order chi connectivity index (χ0) is 45.9. The van der Waals surface area contributed by atoms with Gasteiger partial charge in [0.05, 0.1) is 0 Å². The fourth-order valence-corrected chi connectivity index (χ4v) is 9.25. The van der Waals surface area contributed by atoms with Crippen LogP contribution in [0.3, 0.4) is 0 Å². The molecule has 0 fully saturated rings. The van der Waals surface area contributed by atoms with Crippen molar-refractivity contribution >= 4 is 44.6 Å². The number of rotatable bonds is 8. The predicted molar refractivity (Wildman–Crippen MR) is 278 cm³/mol. The Morgan fingerprint density at radius 1 is 0.471 bits per heavy atom. The summed E-state index contributed by atoms with van der Waals surface area (Å²) in [5.41, 5.74) is 15.4. The predicted octanol–water partition coefficient (Wildman–Crippen LogP) is 16.6. The molecule has 8 aromatic carbocycles. The van der Waals surface area contributed by atoms with Gasteiger partial charge in [-0.2, -0.15) is 12.1 Å². The van der Waals surface area contributed by atoms with Crippen LogP contribution in [-0.4, -0.2) is 9.55 Å². The van der Waals surface area contributed by atoms with Crippen molar-refractivity contribution < 1.29 is 25.8 Å². The SMILES string of the molecule is CC(C)(C)c1ccnc(-n2c3[c-]c(Oc4[c-]c(N5[CH-]N(c6cc(C(C)(C)C)ccc6-c6cc(-c7ccccc7)cc(-c7ccccc7)c6)c6ccccc65)ccc4)ccc3c3ccccc32)c1.[Pt]. The molecular weight excluding hydrogens is 1010 g/mol. The van der Waals surface area contributed by atoms with Crippen molar-refractivity contribution in [2.75, 3.05) is 9.80 Å². The van der Waals surface area contributed by atoms with Gasteiger partial charge in [-0.25, -0.2) is 4.98 Å². The minimum Gasteiger partial charge on any atom is -0.509 e. The van der Waals surface area contributed by atoms with Crippen LogP contribution < -0.4 is 14.5 Å². The van der Waals surface area contributed by atoms with Crippen LogP contribution >= 0.6 is 0 Å². The van der Waals surface area contributed by atoms with E-state index in [2.05, 4.69) is 245 Å². The zero-order valence-electron chi connectivity index (χ0n) is 39.1. The monoisotopic (exact) mass is 1060 g/mol. The summed E-state index contributed by atoms with van der Waals surface area (Å²) in [6.45, 7) is 15.7. The summed E-state index contributed by atoms with van der Waals surface area (Å²) in [6.07, 6.45) is 1.90. The number of benzene rings is 8. The van der Waals surface area contributed by atoms with Crippen LogP contribution in [0.1, 0.15) is 52.7 Å². The first-order valence-electron chi connectivity index (χ1n) is 23.0. The maximum Gasteiger partial charge on any atom is 0.135 e. The molecule has 338 valence electrons. The molecule has 0 amide bonds. The molecule has 0 N–H and O–H groups in total. The minimum atomic E-state index is -0.0753. The average molecular weight is 1060 g/mol. The van der Waals surface area contributed by atoms with Gasteiger partial charge in [0.1, 0.15) is 5.82 Å². The van der Waals surface area contributed by atoms with Crippen molar-refractivity contribution in [2.45, 2.75) is 52.4 Å². The van der Waals surface area contributed by atoms with Gasteiger partial charge in [0.2, 0.25) is 0 Å². The van der Waals surface area contributed by atoms with Gasteiger partial charge in [-0.15, -0.1) is 48.1 Å². The molecule has 0 radical (unpaired) electrons. The Bertz CT molecular complexity index is 3400. The van der Waals surface area contributed by atoms with Crippen molar-refractivity contribution in [1.82, 2.24) is 9.55 Å². The molecule has 10 aromatic rings. The molecule has 5 nitrogen and oxygen atoms in total. The van der Waals surface area contributed by atoms with Crippen LogP contribution in [0, 0.1) is 18.8 Å². The maximum absolute atomic E-state index is 6.68. The molecule has 2 aromatic heterocycles. The van der Waals surface area contributed by atoms with Crippen molar-refractivity contribution in [3.63, 3.8) is 0 Å². The molecule has 0 aliphatic carbocycles. The Labute approximate surface area is 414 Å². The van der Waals surface area contributed by atoms with Crippen molar-refractivity contribution in [1.29, 1.82) is 0 Å². The van der Waals surface area contributed by atoms with E-state index in [1.807, 2.05) is 24.4 Å². The van der Waals surface area contributed by atoms with Crippen molar-refractivity contribution in [3.05, 3.63) is 224 Å². The third kappa shape index (κ3) is 8.41. The number of pyridine rings is 1. The third-order valence-corrected chi connectivity index (χ3v) is 12.8. The van der Waals surface area contributed by atoms with Crippen LogP contribution in [-0.2, 0) is 31.9 Å². The Morgan fingerprint density at radius 3 is 1.76 bits per heavy atom. The van der Waals surface area contributed by atoms with Gasteiger partial charge in [-0.3, -0.25) is 0 Å². The number of hydrogen-bond acceptors (Lipinski definition) is 4. The maximum atomic E-state index is 6.68. The number of para-hydroxylation sites is 3. The quantitative estimate of drug-likeness (QED) is 0.142. The van der Waals surface area contributed by atoms with E-state index in [4.69, 9.17) is 9.72 Å². The van der Waals surface area contributed by atoms with Crippen molar-refractivity contribution in [3.8, 4) is 50.7 Å². The smallest absolute Gasteiger partial charge is 0.135 e. The molecule has 0 saturated heterocycles. The van der Waals surface area contributed by atoms with Crippen LogP contribution in [0.25, 0.3) is 61.0 Å². The third-order valence-electron chi connectivity index (χ3n) is 12.8. The summed E-state index contributed by atoms with van der Waals surface area (Å²) in [5.74, 6) is 2.04. The Kier molecular flexibility index (Phi) is 11.7. The van der Waals surface area contributed by atoms with Gasteiger partial charge in [0, 0.05) is 66.9 Å². The summed E-state index contributed by atoms with van der Waals surface area (Å²) in [5, 5.41) is 2.23. The van der Waals surface area contributed by atoms with Gasteiger partial charge in [-0.1, -0.05) is 150 Å². The summed E-state index contributed by atoms with van der Waals surface area (Å²) >= 11 is 0. The summed E-state index contributed by atoms with van der Waals surface area (Å²) in [7, 11) is 0. The Balaban J connectivity index is 0.00000539. The van der Waals surface area contributed by atoms with Gasteiger partial charge in [0.15, 0.2) is 0 Å². The fourth-order valence-electron chi connectivity index (χ4n) is 9.25. The van der Waals surface area contributed by atoms with Gasteiger partial charge < -0.3 is 19.1 Å². The van der Waals surface area contributed by atoms with E-state index in [1.165, 1.54) is 33.4 Å². The van der Waals surface area contributed by atoms with Crippen LogP contribution in [0.5, 0.6) is 11.5 Å². The van der Waals surface area contributed by atoms with E-state index in [0.717, 1.165) is 61.5 Å². The van der Waals surface area contributed by atoms with Gasteiger partial charge >= 0.3 is 0 Å². The molecular formula is C62H51N4OPt-3. The number of fused-ring (bicyclic) bond motifs is 4. The first-order valence-corrected chi connectivity index (χ1v) is 23.0. The molecule has 0 unspecified atom stereocenters. The molecule has 1 aliphatic rings. The molecule has 1 aliphatic heterocycles.